The molecule has 386 valence electrons. The van der Waals surface area contributed by atoms with Gasteiger partial charge in [-0.25, -0.2) is 36.8 Å². The van der Waals surface area contributed by atoms with Crippen LogP contribution in [0, 0.1) is 23.5 Å². The van der Waals surface area contributed by atoms with E-state index in [1.807, 2.05) is 39.8 Å². The van der Waals surface area contributed by atoms with Gasteiger partial charge in [-0.3, -0.25) is 9.59 Å². The minimum absolute atomic E-state index is 0.190. The molecule has 20 heteroatoms. The van der Waals surface area contributed by atoms with Crippen LogP contribution in [0.3, 0.4) is 0 Å². The molecule has 4 amide bonds. The number of halogens is 2. The summed E-state index contributed by atoms with van der Waals surface area (Å²) in [5.74, 6) is -1.78. The monoisotopic (exact) mass is 1020 g/mol. The van der Waals surface area contributed by atoms with Crippen LogP contribution < -0.4 is 15.5 Å². The first-order chi connectivity index (χ1) is 35.0. The van der Waals surface area contributed by atoms with Crippen LogP contribution in [0.1, 0.15) is 96.4 Å². The van der Waals surface area contributed by atoms with E-state index in [0.29, 0.717) is 95.8 Å². The second-order valence-electron chi connectivity index (χ2n) is 19.8. The molecule has 73 heavy (non-hydrogen) atoms. The lowest BCUT2D eigenvalue weighted by Crippen LogP contribution is -2.51. The van der Waals surface area contributed by atoms with Crippen LogP contribution in [0.25, 0.3) is 44.3 Å². The number of methoxy groups -OCH3 is 2. The minimum Gasteiger partial charge on any atom is -0.453 e. The first-order valence-electron chi connectivity index (χ1n) is 24.9. The largest absolute Gasteiger partial charge is 0.453 e. The Morgan fingerprint density at radius 2 is 1.10 bits per heavy atom. The van der Waals surface area contributed by atoms with Crippen molar-refractivity contribution < 1.29 is 45.9 Å². The Morgan fingerprint density at radius 3 is 1.59 bits per heavy atom. The molecule has 0 radical (unpaired) electrons. The molecular formula is C53H61F2N9O8S. The molecule has 0 spiro atoms. The number of benzene rings is 4. The third-order valence-electron chi connectivity index (χ3n) is 14.4. The molecule has 17 nitrogen and oxygen atoms in total. The molecule has 2 aromatic heterocycles. The highest BCUT2D eigenvalue weighted by Gasteiger charge is 2.39. The van der Waals surface area contributed by atoms with Gasteiger partial charge in [0.1, 0.15) is 29.4 Å². The fourth-order valence-electron chi connectivity index (χ4n) is 10.5. The van der Waals surface area contributed by atoms with Gasteiger partial charge in [-0.05, 0) is 116 Å². The number of nitrogens with one attached hydrogen (secondary N) is 4. The second kappa shape index (κ2) is 20.8. The third kappa shape index (κ3) is 10.0. The van der Waals surface area contributed by atoms with E-state index >= 15 is 17.2 Å². The highest BCUT2D eigenvalue weighted by molar-refractivity contribution is 7.91. The average Bonchev–Trinajstić information content (AvgIpc) is 4.22. The number of fused-ring (bicyclic) bond motifs is 2. The standard InChI is InChI=1S/C53H61F2N9O8S/c1-29(2)45(60-52(67)71-5)50(65)63-22-10-12-42(63)48-56-38-18-15-31(24-40(38)58-48)32-14-17-35(44(26-32)73(69,70)34-27-36(54)47(37(55)28-34)62-20-8-7-9-21-62)33-16-19-39-41(25-33)59-49(57-39)43-13-11-23-64(43)51(66)46(30(3)4)61-53(68)72-6/h14-19,24-30,42-43,45-46H,7-13,20-23H2,1-6H3,(H,56,58)(H,57,59)(H,60,67)(H,61,68). The number of imidazole rings is 2. The maximum Gasteiger partial charge on any atom is 0.407 e. The summed E-state index contributed by atoms with van der Waals surface area (Å²) in [5.41, 5.74) is 4.00. The lowest BCUT2D eigenvalue weighted by molar-refractivity contribution is -0.136. The number of aromatic nitrogens is 4. The Kier molecular flexibility index (Phi) is 14.5. The van der Waals surface area contributed by atoms with Crippen molar-refractivity contribution in [3.8, 4) is 22.3 Å². The van der Waals surface area contributed by atoms with Crippen LogP contribution in [0.15, 0.2) is 76.5 Å². The molecule has 3 aliphatic rings. The summed E-state index contributed by atoms with van der Waals surface area (Å²) in [4.78, 5) is 72.9. The molecule has 4 atom stereocenters. The maximum atomic E-state index is 16.1. The second-order valence-corrected chi connectivity index (χ2v) is 21.7. The number of rotatable bonds is 13. The summed E-state index contributed by atoms with van der Waals surface area (Å²) in [6.45, 7) is 9.21. The topological polar surface area (TPSA) is 212 Å². The van der Waals surface area contributed by atoms with Gasteiger partial charge in [0.25, 0.3) is 0 Å². The van der Waals surface area contributed by atoms with Gasteiger partial charge in [-0.1, -0.05) is 52.0 Å². The van der Waals surface area contributed by atoms with E-state index < -0.39 is 62.7 Å². The number of aromatic amines is 2. The zero-order valence-electron chi connectivity index (χ0n) is 41.8. The van der Waals surface area contributed by atoms with Crippen LogP contribution >= 0.6 is 0 Å². The molecule has 3 saturated heterocycles. The van der Waals surface area contributed by atoms with E-state index in [2.05, 4.69) is 20.6 Å². The number of hydrogen-bond acceptors (Lipinski definition) is 11. The average molecular weight is 1020 g/mol. The smallest absolute Gasteiger partial charge is 0.407 e. The van der Waals surface area contributed by atoms with Crippen molar-refractivity contribution in [3.05, 3.63) is 90.0 Å². The third-order valence-corrected chi connectivity index (χ3v) is 16.1. The number of carbonyl (C=O) groups excluding carboxylic acids is 4. The molecule has 3 aliphatic heterocycles. The normalized spacial score (nSPS) is 18.2. The Balaban J connectivity index is 1.08. The van der Waals surface area contributed by atoms with Gasteiger partial charge < -0.3 is 44.8 Å². The number of H-pyrrole nitrogens is 2. The van der Waals surface area contributed by atoms with E-state index in [0.717, 1.165) is 37.8 Å². The van der Waals surface area contributed by atoms with Gasteiger partial charge in [0, 0.05) is 31.7 Å². The number of amides is 4. The SMILES string of the molecule is COC(=O)NC(C(=O)N1CCCC1c1nc2ccc(-c3ccc(-c4ccc5nc(C6CCCN6C(=O)C(NC(=O)OC)C(C)C)[nH]c5c4)c(S(=O)(=O)c4cc(F)c(N5CCCCC5)c(F)c4)c3)cc2[nH]1)C(C)C. The fourth-order valence-corrected chi connectivity index (χ4v) is 12.0. The van der Waals surface area contributed by atoms with Crippen molar-refractivity contribution in [2.45, 2.75) is 107 Å². The van der Waals surface area contributed by atoms with Gasteiger partial charge in [-0.2, -0.15) is 0 Å². The lowest BCUT2D eigenvalue weighted by Gasteiger charge is -2.29. The van der Waals surface area contributed by atoms with Gasteiger partial charge in [-0.15, -0.1) is 0 Å². The first kappa shape index (κ1) is 50.8. The van der Waals surface area contributed by atoms with Crippen molar-refractivity contribution in [1.82, 2.24) is 40.4 Å². The molecule has 4 unspecified atom stereocenters. The van der Waals surface area contributed by atoms with Crippen molar-refractivity contribution in [2.75, 3.05) is 45.3 Å². The first-order valence-corrected chi connectivity index (χ1v) is 26.4. The van der Waals surface area contributed by atoms with Crippen LogP contribution in [-0.4, -0.2) is 115 Å². The summed E-state index contributed by atoms with van der Waals surface area (Å²) in [6, 6.07) is 15.0. The molecule has 3 fully saturated rings. The van der Waals surface area contributed by atoms with Crippen molar-refractivity contribution in [1.29, 1.82) is 0 Å². The number of sulfone groups is 1. The van der Waals surface area contributed by atoms with Gasteiger partial charge in [0.15, 0.2) is 11.6 Å². The number of likely N-dealkylation sites (tertiary alicyclic amines) is 2. The molecule has 0 aliphatic carbocycles. The van der Waals surface area contributed by atoms with Gasteiger partial charge >= 0.3 is 12.2 Å². The van der Waals surface area contributed by atoms with Crippen LogP contribution in [0.4, 0.5) is 24.1 Å². The van der Waals surface area contributed by atoms with E-state index in [-0.39, 0.29) is 39.8 Å². The molecule has 0 saturated carbocycles. The predicted octanol–water partition coefficient (Wildman–Crippen LogP) is 8.96. The van der Waals surface area contributed by atoms with Gasteiger partial charge in [0.05, 0.1) is 58.2 Å². The number of alkyl carbamates (subject to hydrolysis) is 2. The minimum atomic E-state index is -4.63. The van der Waals surface area contributed by atoms with Crippen molar-refractivity contribution in [3.63, 3.8) is 0 Å². The van der Waals surface area contributed by atoms with Crippen molar-refractivity contribution in [2.24, 2.45) is 11.8 Å². The molecule has 4 N–H and O–H groups in total. The van der Waals surface area contributed by atoms with Crippen molar-refractivity contribution >= 4 is 61.6 Å². The summed E-state index contributed by atoms with van der Waals surface area (Å²) in [5, 5.41) is 5.33. The number of anilines is 1. The van der Waals surface area contributed by atoms with Crippen LogP contribution in [-0.2, 0) is 28.9 Å². The van der Waals surface area contributed by atoms with Crippen LogP contribution in [0.2, 0.25) is 0 Å². The summed E-state index contributed by atoms with van der Waals surface area (Å²) in [6.07, 6.45) is 3.76. The van der Waals surface area contributed by atoms with Crippen LogP contribution in [0.5, 0.6) is 0 Å². The summed E-state index contributed by atoms with van der Waals surface area (Å²) < 4.78 is 71.8. The fraction of sp³-hybridized carbons (Fsp3) is 0.434. The quantitative estimate of drug-likeness (QED) is 0.0857. The summed E-state index contributed by atoms with van der Waals surface area (Å²) >= 11 is 0. The number of nitrogens with zero attached hydrogens (tertiary/aromatic N) is 5. The lowest BCUT2D eigenvalue weighted by atomic mass is 9.99. The highest BCUT2D eigenvalue weighted by Crippen LogP contribution is 2.40. The Bertz CT molecular complexity index is 3180. The maximum absolute atomic E-state index is 16.1. The molecule has 0 bridgehead atoms. The number of piperidine rings is 1. The van der Waals surface area contributed by atoms with E-state index in [1.165, 1.54) is 20.3 Å². The molecule has 5 heterocycles. The number of hydrogen-bond donors (Lipinski definition) is 4. The van der Waals surface area contributed by atoms with E-state index in [4.69, 9.17) is 19.4 Å². The highest BCUT2D eigenvalue weighted by atomic mass is 32.2. The van der Waals surface area contributed by atoms with Gasteiger partial charge in [0.2, 0.25) is 21.7 Å². The molecule has 6 aromatic rings. The Hall–Kier alpha value is -7.09. The molecule has 4 aromatic carbocycles. The van der Waals surface area contributed by atoms with E-state index in [1.54, 1.807) is 51.1 Å². The van der Waals surface area contributed by atoms with E-state index in [9.17, 15) is 19.2 Å². The molecule has 9 rings (SSSR count). The Morgan fingerprint density at radius 1 is 0.630 bits per heavy atom. The predicted molar refractivity (Wildman–Crippen MR) is 270 cm³/mol. The Labute approximate surface area is 422 Å². The zero-order chi connectivity index (χ0) is 51.9. The summed E-state index contributed by atoms with van der Waals surface area (Å²) in [7, 11) is -2.14. The number of ether oxygens (including phenoxy) is 2. The molecular weight excluding hydrogens is 961 g/mol. The zero-order valence-corrected chi connectivity index (χ0v) is 42.6. The number of carbonyl (C=O) groups is 4.